The quantitative estimate of drug-likeness (QED) is 0.535. The fourth-order valence-electron chi connectivity index (χ4n) is 4.93. The minimum absolute atomic E-state index is 0.0947. The molecule has 3 aliphatic heterocycles. The van der Waals surface area contributed by atoms with Crippen LogP contribution >= 0.6 is 11.8 Å². The minimum Gasteiger partial charge on any atom is -0.352 e. The van der Waals surface area contributed by atoms with Crippen molar-refractivity contribution in [1.29, 1.82) is 0 Å². The molecular formula is C25H29N5OS. The van der Waals surface area contributed by atoms with E-state index < -0.39 is 0 Å². The van der Waals surface area contributed by atoms with Crippen molar-refractivity contribution < 1.29 is 4.79 Å². The number of amides is 1. The van der Waals surface area contributed by atoms with E-state index >= 15 is 0 Å². The van der Waals surface area contributed by atoms with Crippen LogP contribution in [0.25, 0.3) is 0 Å². The highest BCUT2D eigenvalue weighted by molar-refractivity contribution is 7.98. The van der Waals surface area contributed by atoms with Gasteiger partial charge in [-0.05, 0) is 43.0 Å². The predicted molar refractivity (Wildman–Crippen MR) is 126 cm³/mol. The average Bonchev–Trinajstić information content (AvgIpc) is 3.30. The summed E-state index contributed by atoms with van der Waals surface area (Å²) in [4.78, 5) is 16.6. The van der Waals surface area contributed by atoms with E-state index in [1.165, 1.54) is 4.90 Å². The predicted octanol–water partition coefficient (Wildman–Crippen LogP) is 3.60. The van der Waals surface area contributed by atoms with Gasteiger partial charge in [-0.15, -0.1) is 16.9 Å². The lowest BCUT2D eigenvalue weighted by atomic mass is 9.75. The zero-order chi connectivity index (χ0) is 21.8. The summed E-state index contributed by atoms with van der Waals surface area (Å²) < 4.78 is 1.98. The Morgan fingerprint density at radius 3 is 2.62 bits per heavy atom. The molecule has 1 amide bonds. The Bertz CT molecular complexity index is 1030. The molecule has 1 aromatic heterocycles. The molecule has 1 N–H and O–H groups in total. The van der Waals surface area contributed by atoms with Crippen molar-refractivity contribution in [3.05, 3.63) is 78.1 Å². The Balaban J connectivity index is 1.12. The highest BCUT2D eigenvalue weighted by Gasteiger charge is 2.43. The van der Waals surface area contributed by atoms with Crippen LogP contribution in [0.5, 0.6) is 0 Å². The average molecular weight is 448 g/mol. The molecule has 2 bridgehead atoms. The Morgan fingerprint density at radius 2 is 1.88 bits per heavy atom. The summed E-state index contributed by atoms with van der Waals surface area (Å²) in [6.07, 6.45) is 4.23. The molecule has 1 unspecified atom stereocenters. The second-order valence-corrected chi connectivity index (χ2v) is 9.83. The molecule has 0 saturated carbocycles. The first-order valence-corrected chi connectivity index (χ1v) is 12.4. The molecule has 6 nitrogen and oxygen atoms in total. The van der Waals surface area contributed by atoms with Crippen LogP contribution in [0, 0.1) is 11.8 Å². The van der Waals surface area contributed by atoms with Crippen LogP contribution in [0.2, 0.25) is 0 Å². The molecule has 0 aliphatic carbocycles. The normalized spacial score (nSPS) is 24.4. The Hall–Kier alpha value is -2.64. The highest BCUT2D eigenvalue weighted by Crippen LogP contribution is 2.37. The van der Waals surface area contributed by atoms with Gasteiger partial charge in [0.1, 0.15) is 0 Å². The molecule has 7 heteroatoms. The molecule has 6 rings (SSSR count). The van der Waals surface area contributed by atoms with E-state index in [1.54, 1.807) is 11.8 Å². The standard InChI is InChI=1S/C25H29N5OS/c31-25(26-14-19-7-3-1-4-8-19)24-17-29-12-11-20(24)13-22(29)16-30-15-21(27-28-30)18-32-23-9-5-2-6-10-23/h1-10,15,20,22,24H,11-14,16-18H2,(H,26,31)/t20-,22+,24+/m0/s1. The summed E-state index contributed by atoms with van der Waals surface area (Å²) in [5, 5.41) is 11.9. The number of carbonyl (C=O) groups excluding carboxylic acids is 1. The van der Waals surface area contributed by atoms with Gasteiger partial charge in [0.15, 0.2) is 0 Å². The van der Waals surface area contributed by atoms with Crippen molar-refractivity contribution in [1.82, 2.24) is 25.2 Å². The van der Waals surface area contributed by atoms with E-state index in [-0.39, 0.29) is 11.8 Å². The van der Waals surface area contributed by atoms with Crippen LogP contribution in [-0.4, -0.2) is 44.9 Å². The number of nitrogens with one attached hydrogen (secondary N) is 1. The van der Waals surface area contributed by atoms with Crippen molar-refractivity contribution in [3.63, 3.8) is 0 Å². The zero-order valence-corrected chi connectivity index (χ0v) is 19.0. The zero-order valence-electron chi connectivity index (χ0n) is 18.1. The molecule has 3 aliphatic rings. The van der Waals surface area contributed by atoms with Crippen LogP contribution < -0.4 is 5.32 Å². The molecule has 0 spiro atoms. The third kappa shape index (κ3) is 5.05. The van der Waals surface area contributed by atoms with E-state index in [1.807, 2.05) is 28.9 Å². The Morgan fingerprint density at radius 1 is 1.09 bits per heavy atom. The molecule has 0 radical (unpaired) electrons. The lowest BCUT2D eigenvalue weighted by molar-refractivity contribution is -0.133. The van der Waals surface area contributed by atoms with Crippen molar-refractivity contribution >= 4 is 17.7 Å². The SMILES string of the molecule is O=C(NCc1ccccc1)[C@@H]1CN2CC[C@H]1C[C@@H]2Cn1cc(CSc2ccccc2)nn1. The maximum atomic E-state index is 12.9. The maximum Gasteiger partial charge on any atom is 0.224 e. The first kappa shape index (κ1) is 21.2. The molecule has 32 heavy (non-hydrogen) atoms. The van der Waals surface area contributed by atoms with Crippen LogP contribution in [0.15, 0.2) is 71.8 Å². The van der Waals surface area contributed by atoms with E-state index in [2.05, 4.69) is 63.1 Å². The summed E-state index contributed by atoms with van der Waals surface area (Å²) in [5.41, 5.74) is 2.15. The van der Waals surface area contributed by atoms with E-state index in [4.69, 9.17) is 0 Å². The van der Waals surface area contributed by atoms with E-state index in [0.29, 0.717) is 18.5 Å². The largest absolute Gasteiger partial charge is 0.352 e. The Labute approximate surface area is 193 Å². The highest BCUT2D eigenvalue weighted by atomic mass is 32.2. The van der Waals surface area contributed by atoms with Crippen LogP contribution in [0.1, 0.15) is 24.1 Å². The molecular weight excluding hydrogens is 418 g/mol. The summed E-state index contributed by atoms with van der Waals surface area (Å²) in [6.45, 7) is 3.37. The van der Waals surface area contributed by atoms with Gasteiger partial charge in [0.2, 0.25) is 5.91 Å². The number of fused-ring (bicyclic) bond motifs is 3. The number of carbonyl (C=O) groups is 1. The first-order chi connectivity index (χ1) is 15.7. The summed E-state index contributed by atoms with van der Waals surface area (Å²) in [5.74, 6) is 1.57. The number of thioether (sulfide) groups is 1. The second-order valence-electron chi connectivity index (χ2n) is 8.78. The van der Waals surface area contributed by atoms with Crippen LogP contribution in [0.4, 0.5) is 0 Å². The molecule has 3 saturated heterocycles. The number of hydrogen-bond donors (Lipinski definition) is 1. The summed E-state index contributed by atoms with van der Waals surface area (Å²) in [6, 6.07) is 20.9. The molecule has 3 fully saturated rings. The minimum atomic E-state index is 0.0947. The second kappa shape index (κ2) is 9.88. The van der Waals surface area contributed by atoms with Crippen LogP contribution in [0.3, 0.4) is 0 Å². The molecule has 4 heterocycles. The van der Waals surface area contributed by atoms with Gasteiger partial charge in [-0.3, -0.25) is 14.4 Å². The van der Waals surface area contributed by atoms with Crippen LogP contribution in [-0.2, 0) is 23.6 Å². The summed E-state index contributed by atoms with van der Waals surface area (Å²) in [7, 11) is 0. The smallest absolute Gasteiger partial charge is 0.224 e. The maximum absolute atomic E-state index is 12.9. The monoisotopic (exact) mass is 447 g/mol. The van der Waals surface area contributed by atoms with E-state index in [9.17, 15) is 4.79 Å². The van der Waals surface area contributed by atoms with Gasteiger partial charge >= 0.3 is 0 Å². The molecule has 3 aromatic rings. The fraction of sp³-hybridized carbons (Fsp3) is 0.400. The topological polar surface area (TPSA) is 63.1 Å². The number of rotatable bonds is 8. The third-order valence-corrected chi connectivity index (χ3v) is 7.68. The van der Waals surface area contributed by atoms with E-state index in [0.717, 1.165) is 49.5 Å². The van der Waals surface area contributed by atoms with Gasteiger partial charge in [0, 0.05) is 36.0 Å². The number of piperidine rings is 3. The lowest BCUT2D eigenvalue weighted by Gasteiger charge is -2.49. The van der Waals surface area contributed by atoms with Crippen molar-refractivity contribution in [2.24, 2.45) is 11.8 Å². The number of hydrogen-bond acceptors (Lipinski definition) is 5. The molecule has 4 atom stereocenters. The number of benzene rings is 2. The van der Waals surface area contributed by atoms with Gasteiger partial charge in [-0.2, -0.15) is 0 Å². The lowest BCUT2D eigenvalue weighted by Crippen LogP contribution is -2.58. The first-order valence-electron chi connectivity index (χ1n) is 11.4. The van der Waals surface area contributed by atoms with Gasteiger partial charge in [0.25, 0.3) is 0 Å². The third-order valence-electron chi connectivity index (χ3n) is 6.64. The van der Waals surface area contributed by atoms with Gasteiger partial charge in [-0.25, -0.2) is 0 Å². The van der Waals surface area contributed by atoms with Gasteiger partial charge < -0.3 is 5.32 Å². The Kier molecular flexibility index (Phi) is 6.55. The van der Waals surface area contributed by atoms with Gasteiger partial charge in [-0.1, -0.05) is 53.7 Å². The fourth-order valence-corrected chi connectivity index (χ4v) is 5.72. The summed E-state index contributed by atoms with van der Waals surface area (Å²) >= 11 is 1.78. The number of nitrogens with zero attached hydrogens (tertiary/aromatic N) is 4. The van der Waals surface area contributed by atoms with Crippen molar-refractivity contribution in [2.45, 2.75) is 42.6 Å². The van der Waals surface area contributed by atoms with Crippen molar-refractivity contribution in [2.75, 3.05) is 13.1 Å². The molecule has 166 valence electrons. The molecule has 2 aromatic carbocycles. The van der Waals surface area contributed by atoms with Crippen molar-refractivity contribution in [3.8, 4) is 0 Å². The number of aromatic nitrogens is 3. The van der Waals surface area contributed by atoms with Gasteiger partial charge in [0.05, 0.1) is 18.2 Å².